The monoisotopic (exact) mass is 375 g/mol. The number of amides is 1. The van der Waals surface area contributed by atoms with Crippen LogP contribution in [0.25, 0.3) is 0 Å². The molecule has 2 saturated carbocycles. The molecule has 2 bridgehead atoms. The van der Waals surface area contributed by atoms with E-state index in [0.29, 0.717) is 13.2 Å². The minimum Gasteiger partial charge on any atom is -0.435 e. The normalized spacial score (nSPS) is 38.0. The number of esters is 1. The second kappa shape index (κ2) is 7.40. The molecule has 0 aromatic carbocycles. The Labute approximate surface area is 160 Å². The van der Waals surface area contributed by atoms with E-state index in [0.717, 1.165) is 64.2 Å². The van der Waals surface area contributed by atoms with Crippen LogP contribution < -0.4 is 5.32 Å². The maximum Gasteiger partial charge on any atom is 0.314 e. The van der Waals surface area contributed by atoms with Crippen LogP contribution in [0.15, 0.2) is 0 Å². The van der Waals surface area contributed by atoms with Gasteiger partial charge in [-0.25, -0.2) is 0 Å². The van der Waals surface area contributed by atoms with E-state index < -0.39 is 5.41 Å². The summed E-state index contributed by atoms with van der Waals surface area (Å²) in [4.78, 5) is 27.0. The SMILES string of the molecule is N#CC1CCCN1C(=O)CNC12CCC(C(=O)OC3CCCCO3)(CC1)C2. The van der Waals surface area contributed by atoms with Crippen molar-refractivity contribution in [3.8, 4) is 6.07 Å². The summed E-state index contributed by atoms with van der Waals surface area (Å²) >= 11 is 0. The summed E-state index contributed by atoms with van der Waals surface area (Å²) in [7, 11) is 0. The predicted molar refractivity (Wildman–Crippen MR) is 96.3 cm³/mol. The molecule has 2 unspecified atom stereocenters. The van der Waals surface area contributed by atoms with E-state index in [-0.39, 0.29) is 36.3 Å². The van der Waals surface area contributed by atoms with Crippen molar-refractivity contribution in [3.05, 3.63) is 0 Å². The van der Waals surface area contributed by atoms with E-state index in [1.165, 1.54) is 0 Å². The third kappa shape index (κ3) is 3.57. The minimum atomic E-state index is -0.417. The maximum absolute atomic E-state index is 12.8. The summed E-state index contributed by atoms with van der Waals surface area (Å²) in [5, 5.41) is 12.6. The molecule has 0 aromatic rings. The first-order valence-electron chi connectivity index (χ1n) is 10.3. The van der Waals surface area contributed by atoms with Gasteiger partial charge in [0.25, 0.3) is 0 Å². The standard InChI is InChI=1S/C20H29N3O4/c21-12-15-4-3-10-23(15)16(24)13-22-20-8-6-19(14-20,7-9-20)18(25)27-17-5-1-2-11-26-17/h15,17,22H,1-11,13-14H2. The van der Waals surface area contributed by atoms with Gasteiger partial charge in [-0.15, -0.1) is 0 Å². The maximum atomic E-state index is 12.8. The van der Waals surface area contributed by atoms with Gasteiger partial charge in [0, 0.05) is 18.5 Å². The minimum absolute atomic E-state index is 0.00370. The van der Waals surface area contributed by atoms with Gasteiger partial charge in [-0.3, -0.25) is 9.59 Å². The van der Waals surface area contributed by atoms with Gasteiger partial charge < -0.3 is 19.7 Å². The Morgan fingerprint density at radius 3 is 2.70 bits per heavy atom. The molecule has 0 aromatic heterocycles. The van der Waals surface area contributed by atoms with Crippen LogP contribution >= 0.6 is 0 Å². The van der Waals surface area contributed by atoms with Gasteiger partial charge in [0.05, 0.1) is 24.6 Å². The number of nitrogens with zero attached hydrogens (tertiary/aromatic N) is 2. The summed E-state index contributed by atoms with van der Waals surface area (Å²) in [6.07, 6.45) is 8.28. The van der Waals surface area contributed by atoms with Gasteiger partial charge >= 0.3 is 5.97 Å². The molecule has 2 atom stereocenters. The van der Waals surface area contributed by atoms with Crippen LogP contribution in [0.2, 0.25) is 0 Å². The van der Waals surface area contributed by atoms with E-state index in [1.54, 1.807) is 4.90 Å². The zero-order chi connectivity index (χ0) is 18.9. The summed E-state index contributed by atoms with van der Waals surface area (Å²) < 4.78 is 11.2. The highest BCUT2D eigenvalue weighted by Gasteiger charge is 2.59. The van der Waals surface area contributed by atoms with Crippen LogP contribution in [0, 0.1) is 16.7 Å². The van der Waals surface area contributed by atoms with E-state index in [1.807, 2.05) is 0 Å². The summed E-state index contributed by atoms with van der Waals surface area (Å²) in [5.41, 5.74) is -0.566. The third-order valence-electron chi connectivity index (χ3n) is 6.99. The molecule has 2 saturated heterocycles. The number of carbonyl (C=O) groups is 2. The second-order valence-corrected chi connectivity index (χ2v) is 8.67. The average Bonchev–Trinajstić information content (AvgIpc) is 3.41. The largest absolute Gasteiger partial charge is 0.435 e. The van der Waals surface area contributed by atoms with Crippen LogP contribution in [-0.2, 0) is 19.1 Å². The van der Waals surface area contributed by atoms with Crippen LogP contribution in [0.1, 0.15) is 64.2 Å². The number of nitrogens with one attached hydrogen (secondary N) is 1. The van der Waals surface area contributed by atoms with Gasteiger partial charge in [-0.1, -0.05) is 0 Å². The average molecular weight is 375 g/mol. The second-order valence-electron chi connectivity index (χ2n) is 8.67. The zero-order valence-electron chi connectivity index (χ0n) is 15.9. The lowest BCUT2D eigenvalue weighted by Gasteiger charge is -2.30. The Morgan fingerprint density at radius 1 is 1.19 bits per heavy atom. The number of nitriles is 1. The predicted octanol–water partition coefficient (Wildman–Crippen LogP) is 1.86. The summed E-state index contributed by atoms with van der Waals surface area (Å²) in [5.74, 6) is -0.123. The number of carbonyl (C=O) groups excluding carboxylic acids is 2. The number of likely N-dealkylation sites (tertiary alicyclic amines) is 1. The Kier molecular flexibility index (Phi) is 5.13. The lowest BCUT2D eigenvalue weighted by Crippen LogP contribution is -2.48. The van der Waals surface area contributed by atoms with E-state index >= 15 is 0 Å². The first-order valence-corrected chi connectivity index (χ1v) is 10.3. The van der Waals surface area contributed by atoms with Crippen molar-refractivity contribution in [2.24, 2.45) is 5.41 Å². The first-order chi connectivity index (χ1) is 13.1. The van der Waals surface area contributed by atoms with Crippen LogP contribution in [-0.4, -0.2) is 54.3 Å². The molecule has 2 aliphatic carbocycles. The Balaban J connectivity index is 1.31. The molecule has 2 aliphatic heterocycles. The highest BCUT2D eigenvalue weighted by atomic mass is 16.7. The number of hydrogen-bond donors (Lipinski definition) is 1. The molecule has 1 amide bonds. The fourth-order valence-electron chi connectivity index (χ4n) is 5.34. The van der Waals surface area contributed by atoms with E-state index in [2.05, 4.69) is 11.4 Å². The van der Waals surface area contributed by atoms with Crippen molar-refractivity contribution in [2.45, 2.75) is 82.1 Å². The molecule has 7 nitrogen and oxygen atoms in total. The lowest BCUT2D eigenvalue weighted by atomic mass is 9.84. The fourth-order valence-corrected chi connectivity index (χ4v) is 5.34. The van der Waals surface area contributed by atoms with Crippen molar-refractivity contribution < 1.29 is 19.1 Å². The Morgan fingerprint density at radius 2 is 2.00 bits per heavy atom. The van der Waals surface area contributed by atoms with Crippen molar-refractivity contribution >= 4 is 11.9 Å². The van der Waals surface area contributed by atoms with Crippen LogP contribution in [0.5, 0.6) is 0 Å². The van der Waals surface area contributed by atoms with Crippen LogP contribution in [0.4, 0.5) is 0 Å². The van der Waals surface area contributed by atoms with Gasteiger partial charge in [0.2, 0.25) is 12.2 Å². The molecule has 148 valence electrons. The lowest BCUT2D eigenvalue weighted by molar-refractivity contribution is -0.197. The molecule has 0 spiro atoms. The molecule has 27 heavy (non-hydrogen) atoms. The fraction of sp³-hybridized carbons (Fsp3) is 0.850. The van der Waals surface area contributed by atoms with Crippen molar-refractivity contribution in [1.29, 1.82) is 5.26 Å². The number of ether oxygens (including phenoxy) is 2. The molecule has 2 heterocycles. The van der Waals surface area contributed by atoms with Crippen LogP contribution in [0.3, 0.4) is 0 Å². The van der Waals surface area contributed by atoms with Crippen molar-refractivity contribution in [1.82, 2.24) is 10.2 Å². The first kappa shape index (κ1) is 18.7. The molecular weight excluding hydrogens is 346 g/mol. The van der Waals surface area contributed by atoms with E-state index in [9.17, 15) is 14.9 Å². The smallest absolute Gasteiger partial charge is 0.314 e. The quantitative estimate of drug-likeness (QED) is 0.738. The molecule has 4 aliphatic rings. The molecule has 7 heteroatoms. The van der Waals surface area contributed by atoms with Gasteiger partial charge in [0.1, 0.15) is 6.04 Å². The van der Waals surface area contributed by atoms with Crippen molar-refractivity contribution in [2.75, 3.05) is 19.7 Å². The Bertz CT molecular complexity index is 630. The van der Waals surface area contributed by atoms with Gasteiger partial charge in [-0.2, -0.15) is 5.26 Å². The molecule has 1 N–H and O–H groups in total. The molecule has 0 radical (unpaired) electrons. The third-order valence-corrected chi connectivity index (χ3v) is 6.99. The summed E-state index contributed by atoms with van der Waals surface area (Å²) in [6, 6.07) is 1.93. The van der Waals surface area contributed by atoms with E-state index in [4.69, 9.17) is 9.47 Å². The topological polar surface area (TPSA) is 91.7 Å². The molecule has 4 fully saturated rings. The number of hydrogen-bond acceptors (Lipinski definition) is 6. The summed E-state index contributed by atoms with van der Waals surface area (Å²) in [6.45, 7) is 1.58. The zero-order valence-corrected chi connectivity index (χ0v) is 15.9. The number of rotatable bonds is 5. The highest BCUT2D eigenvalue weighted by Crippen LogP contribution is 2.57. The molecular formula is C20H29N3O4. The molecule has 4 rings (SSSR count). The van der Waals surface area contributed by atoms with Gasteiger partial charge in [0.15, 0.2) is 0 Å². The Hall–Kier alpha value is -1.65. The van der Waals surface area contributed by atoms with Crippen molar-refractivity contribution in [3.63, 3.8) is 0 Å². The number of fused-ring (bicyclic) bond motifs is 2. The van der Waals surface area contributed by atoms with Gasteiger partial charge in [-0.05, 0) is 57.8 Å². The highest BCUT2D eigenvalue weighted by molar-refractivity contribution is 5.80.